The molecule has 0 aromatic heterocycles. The standard InChI is InChI=1S/C16H28N2O2/c1-14(2)7-5-8-18(10-14)13(19)16(17)11-6-9-20-12(11)15(16,3)4/h11-12H,5-10,17H2,1-4H3. The number of nitrogens with two attached hydrogens (primary N) is 1. The third-order valence-electron chi connectivity index (χ3n) is 6.00. The van der Waals surface area contributed by atoms with Crippen LogP contribution in [-0.2, 0) is 9.53 Å². The van der Waals surface area contributed by atoms with Crippen molar-refractivity contribution in [3.8, 4) is 0 Å². The van der Waals surface area contributed by atoms with Crippen molar-refractivity contribution in [2.75, 3.05) is 19.7 Å². The highest BCUT2D eigenvalue weighted by Gasteiger charge is 2.72. The summed E-state index contributed by atoms with van der Waals surface area (Å²) in [6, 6.07) is 0. The average molecular weight is 280 g/mol. The summed E-state index contributed by atoms with van der Waals surface area (Å²) < 4.78 is 5.79. The van der Waals surface area contributed by atoms with E-state index < -0.39 is 5.54 Å². The predicted octanol–water partition coefficient (Wildman–Crippen LogP) is 1.78. The maximum atomic E-state index is 13.1. The van der Waals surface area contributed by atoms with Crippen LogP contribution < -0.4 is 5.73 Å². The highest BCUT2D eigenvalue weighted by Crippen LogP contribution is 2.58. The smallest absolute Gasteiger partial charge is 0.243 e. The minimum absolute atomic E-state index is 0.155. The van der Waals surface area contributed by atoms with Crippen molar-refractivity contribution in [2.24, 2.45) is 22.5 Å². The van der Waals surface area contributed by atoms with Crippen LogP contribution in [0.15, 0.2) is 0 Å². The van der Waals surface area contributed by atoms with Crippen molar-refractivity contribution in [3.05, 3.63) is 0 Å². The number of hydrogen-bond acceptors (Lipinski definition) is 3. The molecule has 3 fully saturated rings. The van der Waals surface area contributed by atoms with Gasteiger partial charge in [0.1, 0.15) is 5.54 Å². The average Bonchev–Trinajstić information content (AvgIpc) is 2.83. The van der Waals surface area contributed by atoms with Gasteiger partial charge in [0, 0.05) is 31.0 Å². The summed E-state index contributed by atoms with van der Waals surface area (Å²) in [5.74, 6) is 0.358. The molecule has 0 bridgehead atoms. The predicted molar refractivity (Wildman–Crippen MR) is 78.1 cm³/mol. The topological polar surface area (TPSA) is 55.6 Å². The molecule has 0 spiro atoms. The number of carbonyl (C=O) groups excluding carboxylic acids is 1. The number of rotatable bonds is 1. The van der Waals surface area contributed by atoms with E-state index in [1.165, 1.54) is 6.42 Å². The molecule has 1 aliphatic carbocycles. The summed E-state index contributed by atoms with van der Waals surface area (Å²) >= 11 is 0. The number of amides is 1. The number of fused-ring (bicyclic) bond motifs is 1. The summed E-state index contributed by atoms with van der Waals surface area (Å²) in [6.45, 7) is 11.1. The first-order chi connectivity index (χ1) is 9.20. The SMILES string of the molecule is CC1(C)CCCN(C(=O)C2(N)C3CCOC3C2(C)C)C1. The van der Waals surface area contributed by atoms with E-state index in [-0.39, 0.29) is 28.8 Å². The maximum absolute atomic E-state index is 13.1. The van der Waals surface area contributed by atoms with E-state index in [2.05, 4.69) is 27.7 Å². The molecule has 114 valence electrons. The van der Waals surface area contributed by atoms with Crippen molar-refractivity contribution in [1.29, 1.82) is 0 Å². The molecule has 0 radical (unpaired) electrons. The van der Waals surface area contributed by atoms with Gasteiger partial charge < -0.3 is 15.4 Å². The normalized spacial score (nSPS) is 42.0. The van der Waals surface area contributed by atoms with Crippen molar-refractivity contribution < 1.29 is 9.53 Å². The van der Waals surface area contributed by atoms with E-state index in [9.17, 15) is 4.79 Å². The number of nitrogens with zero attached hydrogens (tertiary/aromatic N) is 1. The van der Waals surface area contributed by atoms with E-state index in [1.807, 2.05) is 4.90 Å². The van der Waals surface area contributed by atoms with Crippen molar-refractivity contribution in [3.63, 3.8) is 0 Å². The van der Waals surface area contributed by atoms with Gasteiger partial charge >= 0.3 is 0 Å². The monoisotopic (exact) mass is 280 g/mol. The number of hydrogen-bond donors (Lipinski definition) is 1. The molecule has 4 nitrogen and oxygen atoms in total. The van der Waals surface area contributed by atoms with Gasteiger partial charge in [-0.3, -0.25) is 4.79 Å². The molecule has 2 N–H and O–H groups in total. The highest BCUT2D eigenvalue weighted by molar-refractivity contribution is 5.89. The molecule has 3 aliphatic rings. The van der Waals surface area contributed by atoms with Gasteiger partial charge in [-0.25, -0.2) is 0 Å². The second kappa shape index (κ2) is 4.20. The fourth-order valence-corrected chi connectivity index (χ4v) is 4.68. The Morgan fingerprint density at radius 2 is 2.00 bits per heavy atom. The van der Waals surface area contributed by atoms with Crippen molar-refractivity contribution in [1.82, 2.24) is 4.90 Å². The van der Waals surface area contributed by atoms with Crippen LogP contribution in [0.2, 0.25) is 0 Å². The van der Waals surface area contributed by atoms with Crippen LogP contribution in [0.5, 0.6) is 0 Å². The summed E-state index contributed by atoms with van der Waals surface area (Å²) in [4.78, 5) is 15.1. The number of piperidine rings is 1. The number of carbonyl (C=O) groups is 1. The quantitative estimate of drug-likeness (QED) is 0.796. The molecule has 2 aliphatic heterocycles. The fraction of sp³-hybridized carbons (Fsp3) is 0.938. The number of ether oxygens (including phenoxy) is 1. The van der Waals surface area contributed by atoms with Gasteiger partial charge in [-0.15, -0.1) is 0 Å². The molecular formula is C16H28N2O2. The lowest BCUT2D eigenvalue weighted by Gasteiger charge is -2.62. The minimum Gasteiger partial charge on any atom is -0.377 e. The van der Waals surface area contributed by atoms with Crippen LogP contribution in [-0.4, -0.2) is 42.1 Å². The van der Waals surface area contributed by atoms with E-state index in [0.29, 0.717) is 0 Å². The Bertz CT molecular complexity index is 432. The summed E-state index contributed by atoms with van der Waals surface area (Å²) in [5.41, 5.74) is 5.88. The molecule has 2 saturated heterocycles. The molecule has 20 heavy (non-hydrogen) atoms. The zero-order chi connectivity index (χ0) is 14.8. The number of likely N-dealkylation sites (tertiary alicyclic amines) is 1. The fourth-order valence-electron chi connectivity index (χ4n) is 4.68. The molecule has 1 amide bonds. The zero-order valence-electron chi connectivity index (χ0n) is 13.2. The molecular weight excluding hydrogens is 252 g/mol. The van der Waals surface area contributed by atoms with Gasteiger partial charge in [0.25, 0.3) is 0 Å². The third-order valence-corrected chi connectivity index (χ3v) is 6.00. The second-order valence-electron chi connectivity index (χ2n) is 8.27. The molecule has 0 aromatic rings. The van der Waals surface area contributed by atoms with E-state index in [0.717, 1.165) is 32.5 Å². The van der Waals surface area contributed by atoms with Gasteiger partial charge in [-0.05, 0) is 24.7 Å². The summed E-state index contributed by atoms with van der Waals surface area (Å²) in [7, 11) is 0. The first kappa shape index (κ1) is 14.3. The Balaban J connectivity index is 1.83. The Morgan fingerprint density at radius 1 is 1.30 bits per heavy atom. The first-order valence-electron chi connectivity index (χ1n) is 7.90. The molecule has 0 aromatic carbocycles. The van der Waals surface area contributed by atoms with Crippen LogP contribution in [0, 0.1) is 16.7 Å². The summed E-state index contributed by atoms with van der Waals surface area (Å²) in [5, 5.41) is 0. The molecule has 2 heterocycles. The van der Waals surface area contributed by atoms with Gasteiger partial charge in [0.2, 0.25) is 5.91 Å². The van der Waals surface area contributed by atoms with Crippen LogP contribution in [0.4, 0.5) is 0 Å². The van der Waals surface area contributed by atoms with Gasteiger partial charge in [0.05, 0.1) is 6.10 Å². The van der Waals surface area contributed by atoms with Gasteiger partial charge in [0.15, 0.2) is 0 Å². The largest absolute Gasteiger partial charge is 0.377 e. The zero-order valence-corrected chi connectivity index (χ0v) is 13.2. The van der Waals surface area contributed by atoms with E-state index >= 15 is 0 Å². The highest BCUT2D eigenvalue weighted by atomic mass is 16.5. The van der Waals surface area contributed by atoms with Crippen molar-refractivity contribution in [2.45, 2.75) is 58.6 Å². The molecule has 3 rings (SSSR count). The van der Waals surface area contributed by atoms with Crippen LogP contribution >= 0.6 is 0 Å². The molecule has 1 saturated carbocycles. The second-order valence-corrected chi connectivity index (χ2v) is 8.27. The van der Waals surface area contributed by atoms with Crippen LogP contribution in [0.3, 0.4) is 0 Å². The Labute approximate surface area is 122 Å². The van der Waals surface area contributed by atoms with Crippen LogP contribution in [0.1, 0.15) is 47.0 Å². The molecule has 3 atom stereocenters. The van der Waals surface area contributed by atoms with Crippen LogP contribution in [0.25, 0.3) is 0 Å². The van der Waals surface area contributed by atoms with Gasteiger partial charge in [-0.1, -0.05) is 27.7 Å². The molecule has 3 unspecified atom stereocenters. The van der Waals surface area contributed by atoms with E-state index in [1.54, 1.807) is 0 Å². The third kappa shape index (κ3) is 1.70. The lowest BCUT2D eigenvalue weighted by molar-refractivity contribution is -0.186. The maximum Gasteiger partial charge on any atom is 0.243 e. The van der Waals surface area contributed by atoms with Crippen molar-refractivity contribution >= 4 is 5.91 Å². The first-order valence-corrected chi connectivity index (χ1v) is 7.90. The Morgan fingerprint density at radius 3 is 2.65 bits per heavy atom. The Kier molecular flexibility index (Phi) is 3.01. The minimum atomic E-state index is -0.735. The van der Waals surface area contributed by atoms with E-state index in [4.69, 9.17) is 10.5 Å². The molecule has 4 heteroatoms. The Hall–Kier alpha value is -0.610. The lowest BCUT2D eigenvalue weighted by Crippen LogP contribution is -2.80. The lowest BCUT2D eigenvalue weighted by atomic mass is 9.47. The summed E-state index contributed by atoms with van der Waals surface area (Å²) in [6.07, 6.45) is 3.36. The van der Waals surface area contributed by atoms with Gasteiger partial charge in [-0.2, -0.15) is 0 Å².